The summed E-state index contributed by atoms with van der Waals surface area (Å²) in [4.78, 5) is 12.6. The molecule has 1 amide bonds. The highest BCUT2D eigenvalue weighted by molar-refractivity contribution is 7.96. The van der Waals surface area contributed by atoms with Crippen molar-refractivity contribution >= 4 is 31.4 Å². The van der Waals surface area contributed by atoms with Gasteiger partial charge in [0.1, 0.15) is 5.76 Å². The van der Waals surface area contributed by atoms with Crippen molar-refractivity contribution in [3.05, 3.63) is 41.2 Å². The van der Waals surface area contributed by atoms with Crippen molar-refractivity contribution in [2.24, 2.45) is 0 Å². The molecule has 1 saturated heterocycles. The molecule has 3 atom stereocenters. The number of aromatic nitrogens is 1. The van der Waals surface area contributed by atoms with Crippen LogP contribution in [0.25, 0.3) is 0 Å². The largest absolute Gasteiger partial charge is 0.360 e. The second kappa shape index (κ2) is 8.60. The number of carbonyl (C=O) groups excluding carboxylic acids is 1. The highest BCUT2D eigenvalue weighted by Gasteiger charge is 2.46. The lowest BCUT2D eigenvalue weighted by Gasteiger charge is -2.24. The Morgan fingerprint density at radius 2 is 1.88 bits per heavy atom. The van der Waals surface area contributed by atoms with E-state index in [4.69, 9.17) is 4.52 Å². The number of benzene rings is 1. The Balaban J connectivity index is 1.54. The molecule has 0 bridgehead atoms. The fourth-order valence-corrected chi connectivity index (χ4v) is 9.12. The average Bonchev–Trinajstić information content (AvgIpc) is 3.29. The van der Waals surface area contributed by atoms with E-state index in [1.165, 1.54) is 0 Å². The van der Waals surface area contributed by atoms with Crippen molar-refractivity contribution in [3.63, 3.8) is 0 Å². The molecule has 0 unspecified atom stereocenters. The molecule has 1 fully saturated rings. The van der Waals surface area contributed by atoms with E-state index in [-0.39, 0.29) is 16.5 Å². The number of nitrogens with zero attached hydrogens (tertiary/aromatic N) is 1. The summed E-state index contributed by atoms with van der Waals surface area (Å²) >= 11 is 0. The summed E-state index contributed by atoms with van der Waals surface area (Å²) in [6.07, 6.45) is 3.84. The molecule has 11 heteroatoms. The van der Waals surface area contributed by atoms with Gasteiger partial charge < -0.3 is 15.2 Å². The Bertz CT molecular complexity index is 1240. The third kappa shape index (κ3) is 4.74. The topological polar surface area (TPSA) is 135 Å². The van der Waals surface area contributed by atoms with Gasteiger partial charge in [0.15, 0.2) is 25.5 Å². The second-order valence-corrected chi connectivity index (χ2v) is 12.9. The van der Waals surface area contributed by atoms with Crippen LogP contribution in [0.5, 0.6) is 0 Å². The quantitative estimate of drug-likeness (QED) is 0.632. The molecule has 1 aromatic heterocycles. The number of hydrogen-bond acceptors (Lipinski definition) is 8. The zero-order chi connectivity index (χ0) is 23.1. The Labute approximate surface area is 187 Å². The number of fused-ring (bicyclic) bond motifs is 1. The zero-order valence-corrected chi connectivity index (χ0v) is 19.6. The Morgan fingerprint density at radius 3 is 2.56 bits per heavy atom. The minimum atomic E-state index is -3.92. The van der Waals surface area contributed by atoms with E-state index in [9.17, 15) is 21.6 Å². The molecule has 0 saturated carbocycles. The molecule has 0 radical (unpaired) electrons. The number of amides is 1. The number of rotatable bonds is 6. The van der Waals surface area contributed by atoms with Gasteiger partial charge in [0.2, 0.25) is 5.91 Å². The summed E-state index contributed by atoms with van der Waals surface area (Å²) in [5.74, 6) is -0.520. The number of carbonyl (C=O) groups is 1. The van der Waals surface area contributed by atoms with Crippen LogP contribution >= 0.6 is 0 Å². The molecular formula is C21H27N3O6S2. The molecule has 4 rings (SSSR count). The van der Waals surface area contributed by atoms with E-state index < -0.39 is 48.7 Å². The Hall–Kier alpha value is -2.24. The first-order chi connectivity index (χ1) is 15.0. The predicted molar refractivity (Wildman–Crippen MR) is 119 cm³/mol. The van der Waals surface area contributed by atoms with E-state index in [1.807, 2.05) is 6.07 Å². The lowest BCUT2D eigenvalue weighted by atomic mass is 9.92. The number of nitrogens with one attached hydrogen (secondary N) is 2. The molecule has 2 aromatic rings. The van der Waals surface area contributed by atoms with Crippen LogP contribution < -0.4 is 10.6 Å². The highest BCUT2D eigenvalue weighted by Crippen LogP contribution is 2.30. The van der Waals surface area contributed by atoms with Crippen molar-refractivity contribution < 1.29 is 26.2 Å². The van der Waals surface area contributed by atoms with Crippen LogP contribution in [0.4, 0.5) is 5.82 Å². The van der Waals surface area contributed by atoms with Crippen molar-refractivity contribution in [1.82, 2.24) is 10.5 Å². The minimum Gasteiger partial charge on any atom is -0.360 e. The first-order valence-electron chi connectivity index (χ1n) is 10.6. The maximum absolute atomic E-state index is 13.4. The monoisotopic (exact) mass is 481 g/mol. The van der Waals surface area contributed by atoms with E-state index in [1.54, 1.807) is 32.0 Å². The van der Waals surface area contributed by atoms with Crippen molar-refractivity contribution in [2.45, 2.75) is 61.8 Å². The van der Waals surface area contributed by atoms with Crippen molar-refractivity contribution in [2.75, 3.05) is 16.8 Å². The highest BCUT2D eigenvalue weighted by atomic mass is 32.2. The van der Waals surface area contributed by atoms with E-state index in [2.05, 4.69) is 15.8 Å². The third-order valence-corrected chi connectivity index (χ3v) is 10.2. The standard InChI is InChI=1S/C21H27N3O6S2/c1-13-9-20(24-30-13)23-21(25)14(2)22-18-11-31(26,27)12-19(18)32(28,29)17-8-7-15-5-3-4-6-16(15)10-17/h7-10,14,18-19,22H,3-6,11-12H2,1-2H3,(H,23,24,25)/t14-,18-,19-/m0/s1. The van der Waals surface area contributed by atoms with Gasteiger partial charge in [-0.15, -0.1) is 0 Å². The fraction of sp³-hybridized carbons (Fsp3) is 0.524. The molecule has 2 heterocycles. The van der Waals surface area contributed by atoms with E-state index in [0.717, 1.165) is 36.8 Å². The maximum Gasteiger partial charge on any atom is 0.242 e. The SMILES string of the molecule is Cc1cc(NC(=O)[C@H](C)N[C@H]2CS(=O)(=O)C[C@@H]2S(=O)(=O)c2ccc3c(c2)CCCC3)no1. The summed E-state index contributed by atoms with van der Waals surface area (Å²) < 4.78 is 56.5. The van der Waals surface area contributed by atoms with Crippen LogP contribution in [0, 0.1) is 6.92 Å². The molecule has 9 nitrogen and oxygen atoms in total. The molecule has 32 heavy (non-hydrogen) atoms. The normalized spacial score (nSPS) is 23.4. The van der Waals surface area contributed by atoms with Crippen molar-refractivity contribution in [3.8, 4) is 0 Å². The smallest absolute Gasteiger partial charge is 0.242 e. The van der Waals surface area contributed by atoms with Gasteiger partial charge in [-0.1, -0.05) is 11.2 Å². The molecule has 1 aromatic carbocycles. The van der Waals surface area contributed by atoms with Crippen molar-refractivity contribution in [1.29, 1.82) is 0 Å². The van der Waals surface area contributed by atoms with Gasteiger partial charge in [-0.05, 0) is 62.8 Å². The Morgan fingerprint density at radius 1 is 1.16 bits per heavy atom. The van der Waals surface area contributed by atoms with Crippen LogP contribution in [0.1, 0.15) is 36.7 Å². The van der Waals surface area contributed by atoms with Crippen LogP contribution in [0.3, 0.4) is 0 Å². The second-order valence-electron chi connectivity index (χ2n) is 8.60. The van der Waals surface area contributed by atoms with Gasteiger partial charge in [-0.2, -0.15) is 0 Å². The van der Waals surface area contributed by atoms with Gasteiger partial charge in [-0.3, -0.25) is 4.79 Å². The molecule has 1 aliphatic carbocycles. The molecule has 0 spiro atoms. The lowest BCUT2D eigenvalue weighted by Crippen LogP contribution is -2.50. The van der Waals surface area contributed by atoms with Gasteiger partial charge >= 0.3 is 0 Å². The fourth-order valence-electron chi connectivity index (χ4n) is 4.39. The van der Waals surface area contributed by atoms with Crippen LogP contribution in [0.15, 0.2) is 33.7 Å². The first-order valence-corrected chi connectivity index (χ1v) is 14.0. The number of sulfone groups is 2. The lowest BCUT2D eigenvalue weighted by molar-refractivity contribution is -0.118. The number of aryl methyl sites for hydroxylation is 3. The Kier molecular flexibility index (Phi) is 6.17. The predicted octanol–water partition coefficient (Wildman–Crippen LogP) is 1.42. The molecule has 1 aliphatic heterocycles. The minimum absolute atomic E-state index is 0.141. The van der Waals surface area contributed by atoms with E-state index >= 15 is 0 Å². The summed E-state index contributed by atoms with van der Waals surface area (Å²) in [5, 5.41) is 8.02. The first kappa shape index (κ1) is 22.9. The van der Waals surface area contributed by atoms with Crippen LogP contribution in [0.2, 0.25) is 0 Å². The van der Waals surface area contributed by atoms with Gasteiger partial charge in [0.05, 0.1) is 27.7 Å². The van der Waals surface area contributed by atoms with Gasteiger partial charge in [0.25, 0.3) is 0 Å². The summed E-state index contributed by atoms with van der Waals surface area (Å²) in [5.41, 5.74) is 2.16. The summed E-state index contributed by atoms with van der Waals surface area (Å²) in [6, 6.07) is 4.91. The van der Waals surface area contributed by atoms with Crippen LogP contribution in [-0.2, 0) is 37.3 Å². The van der Waals surface area contributed by atoms with Gasteiger partial charge in [-0.25, -0.2) is 16.8 Å². The maximum atomic E-state index is 13.4. The van der Waals surface area contributed by atoms with E-state index in [0.29, 0.717) is 5.76 Å². The summed E-state index contributed by atoms with van der Waals surface area (Å²) in [7, 11) is -7.50. The molecule has 174 valence electrons. The van der Waals surface area contributed by atoms with Crippen LogP contribution in [-0.4, -0.2) is 56.7 Å². The summed E-state index contributed by atoms with van der Waals surface area (Å²) in [6.45, 7) is 3.24. The molecular weight excluding hydrogens is 454 g/mol. The van der Waals surface area contributed by atoms with Gasteiger partial charge in [0, 0.05) is 12.1 Å². The average molecular weight is 482 g/mol. The third-order valence-electron chi connectivity index (χ3n) is 6.08. The zero-order valence-electron chi connectivity index (χ0n) is 18.0. The number of anilines is 1. The molecule has 2 N–H and O–H groups in total. The molecule has 2 aliphatic rings. The number of hydrogen-bond donors (Lipinski definition) is 2.